The van der Waals surface area contributed by atoms with Crippen LogP contribution >= 0.6 is 12.2 Å². The van der Waals surface area contributed by atoms with E-state index in [1.807, 2.05) is 13.0 Å². The predicted octanol–water partition coefficient (Wildman–Crippen LogP) is 2.74. The first-order valence-electron chi connectivity index (χ1n) is 9.12. The van der Waals surface area contributed by atoms with Crippen LogP contribution in [-0.2, 0) is 10.3 Å². The van der Waals surface area contributed by atoms with Gasteiger partial charge in [-0.1, -0.05) is 36.4 Å². The van der Waals surface area contributed by atoms with Gasteiger partial charge in [-0.15, -0.1) is 0 Å². The van der Waals surface area contributed by atoms with Crippen molar-refractivity contribution in [2.24, 2.45) is 5.92 Å². The Labute approximate surface area is 168 Å². The molecule has 0 aromatic heterocycles. The summed E-state index contributed by atoms with van der Waals surface area (Å²) < 4.78 is 20.5. The topological polar surface area (TPSA) is 70.6 Å². The summed E-state index contributed by atoms with van der Waals surface area (Å²) in [6.45, 7) is 1.84. The lowest BCUT2D eigenvalue weighted by atomic mass is 9.74. The van der Waals surface area contributed by atoms with Crippen LogP contribution in [0.15, 0.2) is 54.6 Å². The second-order valence-corrected chi connectivity index (χ2v) is 7.37. The molecule has 3 N–H and O–H groups in total. The normalized spacial score (nSPS) is 24.4. The Kier molecular flexibility index (Phi) is 6.39. The molecule has 0 aliphatic carbocycles. The Bertz CT molecular complexity index is 849. The van der Waals surface area contributed by atoms with Crippen LogP contribution in [0.3, 0.4) is 0 Å². The molecule has 1 aliphatic heterocycles. The molecule has 1 aliphatic rings. The van der Waals surface area contributed by atoms with Gasteiger partial charge in [0.2, 0.25) is 0 Å². The zero-order valence-electron chi connectivity index (χ0n) is 15.5. The summed E-state index contributed by atoms with van der Waals surface area (Å²) >= 11 is 5.35. The highest BCUT2D eigenvalue weighted by atomic mass is 32.1. The molecule has 1 fully saturated rings. The molecule has 1 saturated heterocycles. The minimum absolute atomic E-state index is 0.0497. The Morgan fingerprint density at radius 1 is 1.25 bits per heavy atom. The number of amides is 1. The van der Waals surface area contributed by atoms with Crippen LogP contribution in [0.4, 0.5) is 4.39 Å². The second-order valence-electron chi connectivity index (χ2n) is 6.96. The number of hydrogen-bond acceptors (Lipinski definition) is 4. The van der Waals surface area contributed by atoms with Gasteiger partial charge < -0.3 is 15.2 Å². The molecule has 148 valence electrons. The molecule has 2 aromatic carbocycles. The SMILES string of the molecule is C[C@H]1CC(CO)C(NC(=S)NC(=O)c2ccccc2)(c2ccccc2F)CO1. The van der Waals surface area contributed by atoms with E-state index in [1.165, 1.54) is 6.07 Å². The van der Waals surface area contributed by atoms with Crippen LogP contribution in [0, 0.1) is 11.7 Å². The number of carbonyl (C=O) groups excluding carboxylic acids is 1. The van der Waals surface area contributed by atoms with Crippen molar-refractivity contribution in [2.75, 3.05) is 13.2 Å². The molecule has 3 atom stereocenters. The van der Waals surface area contributed by atoms with E-state index in [0.29, 0.717) is 17.5 Å². The average molecular weight is 402 g/mol. The molecule has 1 heterocycles. The third-order valence-corrected chi connectivity index (χ3v) is 5.29. The van der Waals surface area contributed by atoms with Crippen LogP contribution in [0.1, 0.15) is 29.3 Å². The van der Waals surface area contributed by atoms with Crippen molar-refractivity contribution in [1.29, 1.82) is 0 Å². The van der Waals surface area contributed by atoms with Crippen LogP contribution in [0.2, 0.25) is 0 Å². The van der Waals surface area contributed by atoms with Gasteiger partial charge in [0.1, 0.15) is 5.82 Å². The number of aliphatic hydroxyl groups excluding tert-OH is 1. The fraction of sp³-hybridized carbons (Fsp3) is 0.333. The third kappa shape index (κ3) is 4.22. The van der Waals surface area contributed by atoms with Crippen LogP contribution in [0.5, 0.6) is 0 Å². The van der Waals surface area contributed by atoms with Crippen molar-refractivity contribution in [3.8, 4) is 0 Å². The number of aliphatic hydroxyl groups is 1. The summed E-state index contributed by atoms with van der Waals surface area (Å²) in [5.41, 5.74) is -0.288. The largest absolute Gasteiger partial charge is 0.396 e. The monoisotopic (exact) mass is 402 g/mol. The second kappa shape index (κ2) is 8.77. The zero-order chi connectivity index (χ0) is 20.1. The minimum atomic E-state index is -1.09. The molecule has 5 nitrogen and oxygen atoms in total. The van der Waals surface area contributed by atoms with Gasteiger partial charge >= 0.3 is 0 Å². The van der Waals surface area contributed by atoms with Gasteiger partial charge in [0, 0.05) is 23.7 Å². The van der Waals surface area contributed by atoms with Crippen molar-refractivity contribution < 1.29 is 19.0 Å². The smallest absolute Gasteiger partial charge is 0.257 e. The van der Waals surface area contributed by atoms with Crippen LogP contribution < -0.4 is 10.6 Å². The summed E-state index contributed by atoms with van der Waals surface area (Å²) in [5.74, 6) is -1.14. The highest BCUT2D eigenvalue weighted by Gasteiger charge is 2.46. The van der Waals surface area contributed by atoms with E-state index < -0.39 is 11.4 Å². The van der Waals surface area contributed by atoms with Gasteiger partial charge in [-0.25, -0.2) is 4.39 Å². The molecule has 2 unspecified atom stereocenters. The Balaban J connectivity index is 1.88. The number of thiocarbonyl (C=S) groups is 1. The molecule has 0 bridgehead atoms. The van der Waals surface area contributed by atoms with Crippen molar-refractivity contribution in [3.05, 3.63) is 71.5 Å². The maximum Gasteiger partial charge on any atom is 0.257 e. The van der Waals surface area contributed by atoms with E-state index in [9.17, 15) is 14.3 Å². The number of hydrogen-bond donors (Lipinski definition) is 3. The van der Waals surface area contributed by atoms with Gasteiger partial charge in [-0.3, -0.25) is 10.1 Å². The van der Waals surface area contributed by atoms with E-state index in [1.54, 1.807) is 42.5 Å². The standard InChI is InChI=1S/C21H23FN2O3S/c1-14-11-16(12-25)21(13-27-14,17-9-5-6-10-18(17)22)24-20(28)23-19(26)15-7-3-2-4-8-15/h2-10,14,16,25H,11-13H2,1H3,(H2,23,24,26,28)/t14-,16?,21?/m0/s1. The quantitative estimate of drug-likeness (QED) is 0.686. The summed E-state index contributed by atoms with van der Waals surface area (Å²) in [7, 11) is 0. The average Bonchev–Trinajstić information content (AvgIpc) is 2.70. The Hall–Kier alpha value is -2.35. The maximum absolute atomic E-state index is 14.7. The lowest BCUT2D eigenvalue weighted by Crippen LogP contribution is -2.61. The van der Waals surface area contributed by atoms with Crippen molar-refractivity contribution in [1.82, 2.24) is 10.6 Å². The number of halogens is 1. The van der Waals surface area contributed by atoms with Crippen LogP contribution in [-0.4, -0.2) is 35.4 Å². The molecule has 1 amide bonds. The first-order chi connectivity index (χ1) is 13.5. The molecular weight excluding hydrogens is 379 g/mol. The summed E-state index contributed by atoms with van der Waals surface area (Å²) in [4.78, 5) is 12.4. The molecule has 3 rings (SSSR count). The fourth-order valence-electron chi connectivity index (χ4n) is 3.62. The molecule has 0 spiro atoms. The van der Waals surface area contributed by atoms with Crippen molar-refractivity contribution in [3.63, 3.8) is 0 Å². The molecule has 28 heavy (non-hydrogen) atoms. The number of carbonyl (C=O) groups is 1. The maximum atomic E-state index is 14.7. The summed E-state index contributed by atoms with van der Waals surface area (Å²) in [5, 5.41) is 15.8. The van der Waals surface area contributed by atoms with Crippen LogP contribution in [0.25, 0.3) is 0 Å². The first kappa shape index (κ1) is 20.4. The molecule has 2 aromatic rings. The fourth-order valence-corrected chi connectivity index (χ4v) is 3.89. The van der Waals surface area contributed by atoms with Gasteiger partial charge in [0.05, 0.1) is 18.2 Å². The van der Waals surface area contributed by atoms with Gasteiger partial charge in [-0.05, 0) is 43.8 Å². The number of ether oxygens (including phenoxy) is 1. The van der Waals surface area contributed by atoms with Gasteiger partial charge in [0.25, 0.3) is 5.91 Å². The van der Waals surface area contributed by atoms with E-state index in [2.05, 4.69) is 10.6 Å². The van der Waals surface area contributed by atoms with Gasteiger partial charge in [-0.2, -0.15) is 0 Å². The minimum Gasteiger partial charge on any atom is -0.396 e. The molecule has 0 radical (unpaired) electrons. The lowest BCUT2D eigenvalue weighted by Gasteiger charge is -2.46. The van der Waals surface area contributed by atoms with Gasteiger partial charge in [0.15, 0.2) is 5.11 Å². The summed E-state index contributed by atoms with van der Waals surface area (Å²) in [6.07, 6.45) is 0.443. The Morgan fingerprint density at radius 3 is 2.61 bits per heavy atom. The highest BCUT2D eigenvalue weighted by molar-refractivity contribution is 7.80. The number of rotatable bonds is 4. The van der Waals surface area contributed by atoms with E-state index in [-0.39, 0.29) is 36.3 Å². The number of nitrogens with one attached hydrogen (secondary N) is 2. The van der Waals surface area contributed by atoms with Crippen molar-refractivity contribution >= 4 is 23.2 Å². The number of benzene rings is 2. The first-order valence-corrected chi connectivity index (χ1v) is 9.53. The molecular formula is C21H23FN2O3S. The summed E-state index contributed by atoms with van der Waals surface area (Å²) in [6, 6.07) is 15.0. The van der Waals surface area contributed by atoms with Crippen molar-refractivity contribution in [2.45, 2.75) is 25.0 Å². The Morgan fingerprint density at radius 2 is 1.93 bits per heavy atom. The third-order valence-electron chi connectivity index (χ3n) is 5.08. The predicted molar refractivity (Wildman–Crippen MR) is 108 cm³/mol. The highest BCUT2D eigenvalue weighted by Crippen LogP contribution is 2.38. The van der Waals surface area contributed by atoms with E-state index in [0.717, 1.165) is 0 Å². The van der Waals surface area contributed by atoms with E-state index in [4.69, 9.17) is 17.0 Å². The lowest BCUT2D eigenvalue weighted by molar-refractivity contribution is -0.0758. The molecule has 0 saturated carbocycles. The van der Waals surface area contributed by atoms with E-state index >= 15 is 0 Å². The molecule has 7 heteroatoms. The zero-order valence-corrected chi connectivity index (χ0v) is 16.3.